The summed E-state index contributed by atoms with van der Waals surface area (Å²) in [6.45, 7) is 1.09. The van der Waals surface area contributed by atoms with Crippen LogP contribution < -0.4 is 15.6 Å². The second-order valence-electron chi connectivity index (χ2n) is 7.92. The van der Waals surface area contributed by atoms with Crippen molar-refractivity contribution in [2.24, 2.45) is 0 Å². The van der Waals surface area contributed by atoms with Crippen LogP contribution in [0.15, 0.2) is 90.1 Å². The van der Waals surface area contributed by atoms with Gasteiger partial charge in [-0.2, -0.15) is 5.10 Å². The maximum Gasteiger partial charge on any atom is 0.264 e. The highest BCUT2D eigenvalue weighted by atomic mass is 16.5. The molecule has 0 bridgehead atoms. The van der Waals surface area contributed by atoms with Gasteiger partial charge in [-0.05, 0) is 28.5 Å². The van der Waals surface area contributed by atoms with Crippen LogP contribution in [0.3, 0.4) is 0 Å². The molecule has 2 heterocycles. The summed E-state index contributed by atoms with van der Waals surface area (Å²) >= 11 is 0. The Bertz CT molecular complexity index is 1510. The highest BCUT2D eigenvalue weighted by Crippen LogP contribution is 2.20. The third kappa shape index (κ3) is 4.66. The largest absolute Gasteiger partial charge is 0.484 e. The molecule has 0 saturated carbocycles. The molecule has 0 fully saturated rings. The van der Waals surface area contributed by atoms with E-state index in [0.717, 1.165) is 16.3 Å². The van der Waals surface area contributed by atoms with Gasteiger partial charge < -0.3 is 10.1 Å². The van der Waals surface area contributed by atoms with Crippen molar-refractivity contribution in [1.82, 2.24) is 24.6 Å². The molecule has 0 radical (unpaired) electrons. The Balaban J connectivity index is 1.16. The Morgan fingerprint density at radius 3 is 2.62 bits per heavy atom. The number of carbonyl (C=O) groups excluding carboxylic acids is 1. The van der Waals surface area contributed by atoms with Crippen LogP contribution in [0.5, 0.6) is 5.75 Å². The third-order valence-electron chi connectivity index (χ3n) is 5.55. The number of hydrogen-bond donors (Lipinski definition) is 1. The van der Waals surface area contributed by atoms with E-state index < -0.39 is 0 Å². The molecule has 1 N–H and O–H groups in total. The number of carbonyl (C=O) groups is 1. The first kappa shape index (κ1) is 21.4. The minimum absolute atomic E-state index is 0.0827. The normalized spacial score (nSPS) is 11.1. The maximum absolute atomic E-state index is 12.8. The van der Waals surface area contributed by atoms with Gasteiger partial charge in [-0.15, -0.1) is 0 Å². The van der Waals surface area contributed by atoms with E-state index in [1.807, 2.05) is 72.8 Å². The van der Waals surface area contributed by atoms with Gasteiger partial charge in [0.05, 0.1) is 19.3 Å². The number of ether oxygens (including phenoxy) is 1. The summed E-state index contributed by atoms with van der Waals surface area (Å²) in [7, 11) is 0. The van der Waals surface area contributed by atoms with Gasteiger partial charge >= 0.3 is 0 Å². The van der Waals surface area contributed by atoms with Crippen LogP contribution in [0.2, 0.25) is 0 Å². The zero-order valence-corrected chi connectivity index (χ0v) is 18.4. The lowest BCUT2D eigenvalue weighted by Crippen LogP contribution is -2.31. The first-order valence-corrected chi connectivity index (χ1v) is 11.0. The van der Waals surface area contributed by atoms with E-state index in [1.54, 1.807) is 9.25 Å². The fourth-order valence-corrected chi connectivity index (χ4v) is 3.81. The number of fused-ring (bicyclic) bond motifs is 2. The first-order valence-electron chi connectivity index (χ1n) is 11.0. The second-order valence-corrected chi connectivity index (χ2v) is 7.92. The predicted molar refractivity (Wildman–Crippen MR) is 130 cm³/mol. The van der Waals surface area contributed by atoms with E-state index in [-0.39, 0.29) is 18.1 Å². The van der Waals surface area contributed by atoms with Gasteiger partial charge in [0, 0.05) is 6.54 Å². The van der Waals surface area contributed by atoms with Gasteiger partial charge in [0.15, 0.2) is 12.3 Å². The van der Waals surface area contributed by atoms with E-state index in [1.165, 1.54) is 12.5 Å². The monoisotopic (exact) mass is 453 g/mol. The summed E-state index contributed by atoms with van der Waals surface area (Å²) < 4.78 is 8.80. The SMILES string of the molecule is O=C(COc1ccc2ccccc2c1)NCCn1ncc2c(=O)n(Cc3ccccc3)cnc21. The molecular weight excluding hydrogens is 430 g/mol. The molecule has 0 unspecified atom stereocenters. The van der Waals surface area contributed by atoms with Crippen molar-refractivity contribution < 1.29 is 9.53 Å². The lowest BCUT2D eigenvalue weighted by molar-refractivity contribution is -0.123. The Kier molecular flexibility index (Phi) is 6.03. The molecular formula is C26H23N5O3. The van der Waals surface area contributed by atoms with Crippen molar-refractivity contribution in [1.29, 1.82) is 0 Å². The van der Waals surface area contributed by atoms with E-state index >= 15 is 0 Å². The van der Waals surface area contributed by atoms with Gasteiger partial charge in [-0.3, -0.25) is 14.2 Å². The second kappa shape index (κ2) is 9.58. The molecule has 3 aromatic carbocycles. The smallest absolute Gasteiger partial charge is 0.264 e. The molecule has 8 heteroatoms. The van der Waals surface area contributed by atoms with E-state index in [9.17, 15) is 9.59 Å². The fourth-order valence-electron chi connectivity index (χ4n) is 3.81. The average molecular weight is 454 g/mol. The first-order chi connectivity index (χ1) is 16.7. The van der Waals surface area contributed by atoms with Gasteiger partial charge in [0.25, 0.3) is 11.5 Å². The van der Waals surface area contributed by atoms with Crippen molar-refractivity contribution in [3.63, 3.8) is 0 Å². The number of rotatable bonds is 8. The fraction of sp³-hybridized carbons (Fsp3) is 0.154. The van der Waals surface area contributed by atoms with E-state index in [4.69, 9.17) is 4.74 Å². The number of nitrogens with one attached hydrogen (secondary N) is 1. The molecule has 0 spiro atoms. The van der Waals surface area contributed by atoms with E-state index in [0.29, 0.717) is 36.4 Å². The van der Waals surface area contributed by atoms with Crippen LogP contribution in [0, 0.1) is 0 Å². The zero-order valence-electron chi connectivity index (χ0n) is 18.4. The Morgan fingerprint density at radius 1 is 0.971 bits per heavy atom. The molecule has 8 nitrogen and oxygen atoms in total. The van der Waals surface area contributed by atoms with Crippen LogP contribution in [-0.4, -0.2) is 38.4 Å². The third-order valence-corrected chi connectivity index (χ3v) is 5.55. The summed E-state index contributed by atoms with van der Waals surface area (Å²) in [5.41, 5.74) is 1.37. The molecule has 2 aromatic heterocycles. The molecule has 0 aliphatic rings. The molecule has 5 aromatic rings. The average Bonchev–Trinajstić information content (AvgIpc) is 3.28. The summed E-state index contributed by atoms with van der Waals surface area (Å²) in [5.74, 6) is 0.408. The van der Waals surface area contributed by atoms with Crippen molar-refractivity contribution in [2.45, 2.75) is 13.1 Å². The maximum atomic E-state index is 12.8. The lowest BCUT2D eigenvalue weighted by atomic mass is 10.1. The van der Waals surface area contributed by atoms with Crippen molar-refractivity contribution in [3.8, 4) is 5.75 Å². The van der Waals surface area contributed by atoms with Gasteiger partial charge in [0.1, 0.15) is 17.5 Å². The highest BCUT2D eigenvalue weighted by molar-refractivity contribution is 5.84. The lowest BCUT2D eigenvalue weighted by Gasteiger charge is -2.09. The Morgan fingerprint density at radius 2 is 1.76 bits per heavy atom. The zero-order chi connectivity index (χ0) is 23.3. The Labute approximate surface area is 195 Å². The predicted octanol–water partition coefficient (Wildman–Crippen LogP) is 2.99. The summed E-state index contributed by atoms with van der Waals surface area (Å²) in [5, 5.41) is 9.72. The molecule has 1 amide bonds. The van der Waals surface area contributed by atoms with Crippen LogP contribution in [0.25, 0.3) is 21.8 Å². The van der Waals surface area contributed by atoms with Crippen LogP contribution >= 0.6 is 0 Å². The molecule has 0 aliphatic heterocycles. The Hall–Kier alpha value is -4.46. The molecule has 0 atom stereocenters. The van der Waals surface area contributed by atoms with Crippen LogP contribution in [0.1, 0.15) is 5.56 Å². The van der Waals surface area contributed by atoms with Crippen LogP contribution in [-0.2, 0) is 17.9 Å². The highest BCUT2D eigenvalue weighted by Gasteiger charge is 2.11. The van der Waals surface area contributed by atoms with Crippen molar-refractivity contribution >= 4 is 27.7 Å². The standard InChI is InChI=1S/C26H23N5O3/c32-24(17-34-22-11-10-20-8-4-5-9-21(20)14-22)27-12-13-31-25-23(15-29-31)26(33)30(18-28-25)16-19-6-2-1-3-7-19/h1-11,14-15,18H,12-13,16-17H2,(H,27,32). The van der Waals surface area contributed by atoms with Gasteiger partial charge in [-0.25, -0.2) is 9.67 Å². The quantitative estimate of drug-likeness (QED) is 0.390. The van der Waals surface area contributed by atoms with Crippen molar-refractivity contribution in [3.05, 3.63) is 101 Å². The number of aromatic nitrogens is 4. The summed E-state index contributed by atoms with van der Waals surface area (Å²) in [4.78, 5) is 29.4. The number of benzene rings is 3. The molecule has 5 rings (SSSR count). The molecule has 0 aliphatic carbocycles. The molecule has 170 valence electrons. The molecule has 34 heavy (non-hydrogen) atoms. The van der Waals surface area contributed by atoms with Crippen molar-refractivity contribution in [2.75, 3.05) is 13.2 Å². The van der Waals surface area contributed by atoms with Gasteiger partial charge in [-0.1, -0.05) is 60.7 Å². The topological polar surface area (TPSA) is 91.0 Å². The number of hydrogen-bond acceptors (Lipinski definition) is 5. The van der Waals surface area contributed by atoms with Crippen LogP contribution in [0.4, 0.5) is 0 Å². The minimum Gasteiger partial charge on any atom is -0.484 e. The minimum atomic E-state index is -0.234. The number of nitrogens with zero attached hydrogens (tertiary/aromatic N) is 4. The summed E-state index contributed by atoms with van der Waals surface area (Å²) in [6, 6.07) is 23.4. The van der Waals surface area contributed by atoms with E-state index in [2.05, 4.69) is 15.4 Å². The summed E-state index contributed by atoms with van der Waals surface area (Å²) in [6.07, 6.45) is 3.06. The number of amides is 1. The molecule has 0 saturated heterocycles. The van der Waals surface area contributed by atoms with Gasteiger partial charge in [0.2, 0.25) is 0 Å².